The van der Waals surface area contributed by atoms with Gasteiger partial charge in [0.1, 0.15) is 0 Å². The van der Waals surface area contributed by atoms with Gasteiger partial charge < -0.3 is 16.4 Å². The van der Waals surface area contributed by atoms with E-state index in [0.29, 0.717) is 11.4 Å². The SMILES string of the molecule is CC(=O)Nc1ccc(NC(N)=O)cc1. The first-order chi connectivity index (χ1) is 6.58. The number of nitrogens with one attached hydrogen (secondary N) is 2. The van der Waals surface area contributed by atoms with Crippen LogP contribution in [0, 0.1) is 0 Å². The number of hydrogen-bond donors (Lipinski definition) is 3. The maximum atomic E-state index is 10.7. The van der Waals surface area contributed by atoms with Crippen molar-refractivity contribution in [3.63, 3.8) is 0 Å². The molecule has 74 valence electrons. The van der Waals surface area contributed by atoms with Gasteiger partial charge >= 0.3 is 6.03 Å². The molecule has 0 aliphatic heterocycles. The second kappa shape index (κ2) is 4.27. The summed E-state index contributed by atoms with van der Waals surface area (Å²) in [6.45, 7) is 1.43. The number of anilines is 2. The van der Waals surface area contributed by atoms with Gasteiger partial charge in [-0.15, -0.1) is 0 Å². The lowest BCUT2D eigenvalue weighted by Gasteiger charge is -2.04. The van der Waals surface area contributed by atoms with Crippen LogP contribution in [0.25, 0.3) is 0 Å². The van der Waals surface area contributed by atoms with Gasteiger partial charge in [0.15, 0.2) is 0 Å². The lowest BCUT2D eigenvalue weighted by atomic mass is 10.3. The third-order valence-electron chi connectivity index (χ3n) is 1.47. The number of carbonyl (C=O) groups excluding carboxylic acids is 2. The van der Waals surface area contributed by atoms with Crippen molar-refractivity contribution in [1.29, 1.82) is 0 Å². The fourth-order valence-electron chi connectivity index (χ4n) is 0.982. The molecule has 0 aliphatic carbocycles. The lowest BCUT2D eigenvalue weighted by Crippen LogP contribution is -2.19. The highest BCUT2D eigenvalue weighted by Gasteiger charge is 1.97. The van der Waals surface area contributed by atoms with Crippen LogP contribution < -0.4 is 16.4 Å². The summed E-state index contributed by atoms with van der Waals surface area (Å²) >= 11 is 0. The molecule has 0 unspecified atom stereocenters. The molecule has 0 bridgehead atoms. The van der Waals surface area contributed by atoms with E-state index in [9.17, 15) is 9.59 Å². The van der Waals surface area contributed by atoms with Crippen molar-refractivity contribution in [2.24, 2.45) is 5.73 Å². The average molecular weight is 193 g/mol. The van der Waals surface area contributed by atoms with E-state index in [1.54, 1.807) is 24.3 Å². The zero-order chi connectivity index (χ0) is 10.6. The molecular weight excluding hydrogens is 182 g/mol. The molecule has 1 aromatic carbocycles. The second-order valence-corrected chi connectivity index (χ2v) is 2.75. The Hall–Kier alpha value is -2.04. The largest absolute Gasteiger partial charge is 0.351 e. The molecule has 0 aliphatic rings. The molecule has 0 spiro atoms. The van der Waals surface area contributed by atoms with E-state index in [-0.39, 0.29) is 5.91 Å². The van der Waals surface area contributed by atoms with Gasteiger partial charge in [-0.2, -0.15) is 0 Å². The minimum Gasteiger partial charge on any atom is -0.351 e. The number of amides is 3. The Morgan fingerprint density at radius 1 is 1.07 bits per heavy atom. The quantitative estimate of drug-likeness (QED) is 0.657. The highest BCUT2D eigenvalue weighted by Crippen LogP contribution is 2.12. The van der Waals surface area contributed by atoms with Crippen LogP contribution in [0.15, 0.2) is 24.3 Å². The first-order valence-electron chi connectivity index (χ1n) is 4.02. The molecule has 3 amide bonds. The predicted octanol–water partition coefficient (Wildman–Crippen LogP) is 1.14. The minimum absolute atomic E-state index is 0.138. The lowest BCUT2D eigenvalue weighted by molar-refractivity contribution is -0.114. The van der Waals surface area contributed by atoms with Crippen molar-refractivity contribution in [2.75, 3.05) is 10.6 Å². The Bertz CT molecular complexity index is 311. The molecule has 0 fully saturated rings. The minimum atomic E-state index is -0.614. The maximum Gasteiger partial charge on any atom is 0.316 e. The van der Waals surface area contributed by atoms with Crippen molar-refractivity contribution in [3.05, 3.63) is 24.3 Å². The van der Waals surface area contributed by atoms with E-state index in [1.807, 2.05) is 0 Å². The Kier molecular flexibility index (Phi) is 3.06. The first-order valence-corrected chi connectivity index (χ1v) is 4.02. The third-order valence-corrected chi connectivity index (χ3v) is 1.47. The summed E-state index contributed by atoms with van der Waals surface area (Å²) in [5, 5.41) is 5.01. The van der Waals surface area contributed by atoms with E-state index >= 15 is 0 Å². The molecular formula is C9H11N3O2. The van der Waals surface area contributed by atoms with Crippen molar-refractivity contribution in [3.8, 4) is 0 Å². The summed E-state index contributed by atoms with van der Waals surface area (Å²) in [5.74, 6) is -0.138. The average Bonchev–Trinajstić information content (AvgIpc) is 2.06. The molecule has 14 heavy (non-hydrogen) atoms. The second-order valence-electron chi connectivity index (χ2n) is 2.75. The zero-order valence-electron chi connectivity index (χ0n) is 7.70. The normalized spacial score (nSPS) is 9.21. The molecule has 4 N–H and O–H groups in total. The van der Waals surface area contributed by atoms with Gasteiger partial charge in [-0.1, -0.05) is 0 Å². The Labute approximate surface area is 81.3 Å². The molecule has 0 aromatic heterocycles. The predicted molar refractivity (Wildman–Crippen MR) is 54.0 cm³/mol. The molecule has 0 heterocycles. The summed E-state index contributed by atoms with van der Waals surface area (Å²) in [7, 11) is 0. The van der Waals surface area contributed by atoms with Gasteiger partial charge in [0.05, 0.1) is 0 Å². The van der Waals surface area contributed by atoms with Crippen LogP contribution in [-0.2, 0) is 4.79 Å². The summed E-state index contributed by atoms with van der Waals surface area (Å²) in [6.07, 6.45) is 0. The van der Waals surface area contributed by atoms with E-state index in [1.165, 1.54) is 6.92 Å². The summed E-state index contributed by atoms with van der Waals surface area (Å²) in [4.78, 5) is 21.1. The Morgan fingerprint density at radius 2 is 1.50 bits per heavy atom. The summed E-state index contributed by atoms with van der Waals surface area (Å²) in [6, 6.07) is 6.03. The molecule has 0 saturated heterocycles. The van der Waals surface area contributed by atoms with Crippen molar-refractivity contribution in [1.82, 2.24) is 0 Å². The molecule has 0 radical (unpaired) electrons. The van der Waals surface area contributed by atoms with E-state index < -0.39 is 6.03 Å². The van der Waals surface area contributed by atoms with Crippen LogP contribution in [0.3, 0.4) is 0 Å². The zero-order valence-corrected chi connectivity index (χ0v) is 7.70. The topological polar surface area (TPSA) is 84.2 Å². The van der Waals surface area contributed by atoms with Crippen LogP contribution in [0.2, 0.25) is 0 Å². The highest BCUT2D eigenvalue weighted by atomic mass is 16.2. The van der Waals surface area contributed by atoms with Crippen LogP contribution in [0.4, 0.5) is 16.2 Å². The maximum absolute atomic E-state index is 10.7. The molecule has 5 nitrogen and oxygen atoms in total. The highest BCUT2D eigenvalue weighted by molar-refractivity contribution is 5.90. The first kappa shape index (κ1) is 10.0. The fourth-order valence-corrected chi connectivity index (χ4v) is 0.982. The van der Waals surface area contributed by atoms with Gasteiger partial charge in [0.2, 0.25) is 5.91 Å². The number of benzene rings is 1. The van der Waals surface area contributed by atoms with Crippen molar-refractivity contribution < 1.29 is 9.59 Å². The Morgan fingerprint density at radius 3 is 1.86 bits per heavy atom. The van der Waals surface area contributed by atoms with Crippen LogP contribution in [0.1, 0.15) is 6.92 Å². The van der Waals surface area contributed by atoms with Crippen molar-refractivity contribution in [2.45, 2.75) is 6.92 Å². The molecule has 0 saturated carbocycles. The summed E-state index contributed by atoms with van der Waals surface area (Å²) in [5.41, 5.74) is 6.19. The molecule has 0 atom stereocenters. The van der Waals surface area contributed by atoms with Gasteiger partial charge in [-0.3, -0.25) is 4.79 Å². The van der Waals surface area contributed by atoms with Gasteiger partial charge in [-0.05, 0) is 24.3 Å². The smallest absolute Gasteiger partial charge is 0.316 e. The van der Waals surface area contributed by atoms with Gasteiger partial charge in [-0.25, -0.2) is 4.79 Å². The number of carbonyl (C=O) groups is 2. The number of nitrogens with two attached hydrogens (primary N) is 1. The molecule has 1 aromatic rings. The molecule has 1 rings (SSSR count). The molecule has 5 heteroatoms. The number of primary amides is 1. The Balaban J connectivity index is 2.68. The van der Waals surface area contributed by atoms with Crippen LogP contribution in [0.5, 0.6) is 0 Å². The number of urea groups is 1. The van der Waals surface area contributed by atoms with E-state index in [2.05, 4.69) is 10.6 Å². The van der Waals surface area contributed by atoms with Crippen molar-refractivity contribution >= 4 is 23.3 Å². The van der Waals surface area contributed by atoms with Gasteiger partial charge in [0.25, 0.3) is 0 Å². The third kappa shape index (κ3) is 3.14. The number of hydrogen-bond acceptors (Lipinski definition) is 2. The van der Waals surface area contributed by atoms with Crippen LogP contribution >= 0.6 is 0 Å². The van der Waals surface area contributed by atoms with Crippen LogP contribution in [-0.4, -0.2) is 11.9 Å². The van der Waals surface area contributed by atoms with E-state index in [4.69, 9.17) is 5.73 Å². The number of rotatable bonds is 2. The standard InChI is InChI=1S/C9H11N3O2/c1-6(13)11-7-2-4-8(5-3-7)12-9(10)14/h2-5H,1H3,(H,11,13)(H3,10,12,14). The van der Waals surface area contributed by atoms with E-state index in [0.717, 1.165) is 0 Å². The monoisotopic (exact) mass is 193 g/mol. The van der Waals surface area contributed by atoms with Gasteiger partial charge in [0, 0.05) is 18.3 Å². The fraction of sp³-hybridized carbons (Fsp3) is 0.111. The summed E-state index contributed by atoms with van der Waals surface area (Å²) < 4.78 is 0.